The van der Waals surface area contributed by atoms with Gasteiger partial charge >= 0.3 is 15.6 Å². The zero-order valence-electron chi connectivity index (χ0n) is 18.6. The molecule has 0 radical (unpaired) electrons. The molecule has 0 saturated carbocycles. The van der Waals surface area contributed by atoms with Crippen molar-refractivity contribution < 1.29 is 39.0 Å². The van der Waals surface area contributed by atoms with Gasteiger partial charge in [0, 0.05) is 17.2 Å². The van der Waals surface area contributed by atoms with E-state index in [4.69, 9.17) is 0 Å². The summed E-state index contributed by atoms with van der Waals surface area (Å²) in [5.41, 5.74) is -3.50. The van der Waals surface area contributed by atoms with Crippen LogP contribution in [-0.2, 0) is 20.1 Å². The van der Waals surface area contributed by atoms with Gasteiger partial charge in [-0.1, -0.05) is 66.7 Å². The number of ketones is 1. The third-order valence-corrected chi connectivity index (χ3v) is 6.07. The van der Waals surface area contributed by atoms with Gasteiger partial charge in [-0.15, -0.1) is 0 Å². The number of alkyl halides is 3. The number of halogens is 3. The highest BCUT2D eigenvalue weighted by atomic mass is 32.2. The number of sulfonamides is 1. The van der Waals surface area contributed by atoms with Crippen molar-refractivity contribution in [3.63, 3.8) is 0 Å². The number of hydrogen-bond acceptors (Lipinski definition) is 6. The van der Waals surface area contributed by atoms with Crippen molar-refractivity contribution in [2.75, 3.05) is 6.26 Å². The van der Waals surface area contributed by atoms with Crippen LogP contribution >= 0.6 is 0 Å². The summed E-state index contributed by atoms with van der Waals surface area (Å²) in [6, 6.07) is 22.1. The Morgan fingerprint density at radius 1 is 0.829 bits per heavy atom. The third-order valence-electron chi connectivity index (χ3n) is 4.31. The Hall–Kier alpha value is -3.22. The van der Waals surface area contributed by atoms with Gasteiger partial charge in [-0.3, -0.25) is 4.79 Å². The Balaban J connectivity index is 0.000000269. The summed E-state index contributed by atoms with van der Waals surface area (Å²) in [5, 5.41) is 0. The lowest BCUT2D eigenvalue weighted by atomic mass is 9.99. The molecular formula is C23H22F3NO6S2. The molecule has 0 bridgehead atoms. The van der Waals surface area contributed by atoms with Gasteiger partial charge in [0.15, 0.2) is 5.78 Å². The maximum atomic E-state index is 12.4. The molecular weight excluding hydrogens is 507 g/mol. The van der Waals surface area contributed by atoms with E-state index < -0.39 is 25.6 Å². The van der Waals surface area contributed by atoms with Crippen LogP contribution in [0.1, 0.15) is 34.5 Å². The minimum Gasteiger partial charge on any atom is -0.376 e. The molecule has 0 aliphatic rings. The number of nitrogens with one attached hydrogen (secondary N) is 1. The van der Waals surface area contributed by atoms with Gasteiger partial charge in [-0.05, 0) is 30.7 Å². The number of para-hydroxylation sites is 1. The van der Waals surface area contributed by atoms with Crippen LogP contribution in [0.5, 0.6) is 5.75 Å². The Morgan fingerprint density at radius 2 is 1.34 bits per heavy atom. The average molecular weight is 530 g/mol. The summed E-state index contributed by atoms with van der Waals surface area (Å²) in [4.78, 5) is 12.4. The zero-order chi connectivity index (χ0) is 26.3. The van der Waals surface area contributed by atoms with Crippen LogP contribution in [0, 0.1) is 0 Å². The van der Waals surface area contributed by atoms with E-state index in [-0.39, 0.29) is 17.6 Å². The molecule has 3 aromatic carbocycles. The number of carbonyl (C=O) groups is 1. The van der Waals surface area contributed by atoms with Gasteiger partial charge in [0.1, 0.15) is 5.75 Å². The van der Waals surface area contributed by atoms with Crippen molar-refractivity contribution in [3.8, 4) is 5.75 Å². The molecule has 0 aromatic heterocycles. The van der Waals surface area contributed by atoms with E-state index in [0.717, 1.165) is 24.0 Å². The van der Waals surface area contributed by atoms with Gasteiger partial charge < -0.3 is 4.18 Å². The molecule has 188 valence electrons. The minimum absolute atomic E-state index is 0.0796. The SMILES string of the molecule is C[C@@H](NS(C)(=O)=O)c1cccc(C(=O)c2ccccc2)c1.O=S(=O)(Oc1ccccc1)C(F)(F)F. The first-order valence-corrected chi connectivity index (χ1v) is 13.2. The van der Waals surface area contributed by atoms with E-state index in [9.17, 15) is 34.8 Å². The molecule has 0 fully saturated rings. The molecule has 3 aromatic rings. The van der Waals surface area contributed by atoms with Gasteiger partial charge in [0.05, 0.1) is 6.26 Å². The molecule has 12 heteroatoms. The molecule has 0 unspecified atom stereocenters. The fraction of sp³-hybridized carbons (Fsp3) is 0.174. The van der Waals surface area contributed by atoms with Gasteiger partial charge in [-0.25, -0.2) is 13.1 Å². The topological polar surface area (TPSA) is 107 Å². The quantitative estimate of drug-likeness (QED) is 0.276. The number of rotatable bonds is 7. The van der Waals surface area contributed by atoms with Crippen molar-refractivity contribution in [1.82, 2.24) is 4.72 Å². The van der Waals surface area contributed by atoms with Crippen molar-refractivity contribution in [2.24, 2.45) is 0 Å². The lowest BCUT2D eigenvalue weighted by Gasteiger charge is -2.13. The normalized spacial score (nSPS) is 12.7. The maximum absolute atomic E-state index is 12.4. The predicted molar refractivity (Wildman–Crippen MR) is 125 cm³/mol. The lowest BCUT2D eigenvalue weighted by molar-refractivity contribution is -0.0500. The van der Waals surface area contributed by atoms with Crippen molar-refractivity contribution >= 4 is 25.9 Å². The average Bonchev–Trinajstić information content (AvgIpc) is 2.78. The summed E-state index contributed by atoms with van der Waals surface area (Å²) < 4.78 is 85.2. The minimum atomic E-state index is -5.55. The summed E-state index contributed by atoms with van der Waals surface area (Å²) in [5.74, 6) is -0.450. The third kappa shape index (κ3) is 8.81. The Labute approximate surface area is 201 Å². The molecule has 0 aliphatic heterocycles. The lowest BCUT2D eigenvalue weighted by Crippen LogP contribution is -2.27. The first-order valence-electron chi connectivity index (χ1n) is 9.92. The monoisotopic (exact) mass is 529 g/mol. The summed E-state index contributed by atoms with van der Waals surface area (Å²) >= 11 is 0. The highest BCUT2D eigenvalue weighted by molar-refractivity contribution is 7.88. The van der Waals surface area contributed by atoms with Crippen molar-refractivity contribution in [1.29, 1.82) is 0 Å². The fourth-order valence-corrected chi connectivity index (χ4v) is 3.98. The van der Waals surface area contributed by atoms with Crippen molar-refractivity contribution in [3.05, 3.63) is 102 Å². The highest BCUT2D eigenvalue weighted by Crippen LogP contribution is 2.26. The van der Waals surface area contributed by atoms with E-state index in [1.54, 1.807) is 43.3 Å². The number of hydrogen-bond donors (Lipinski definition) is 1. The second-order valence-electron chi connectivity index (χ2n) is 7.23. The van der Waals surface area contributed by atoms with Crippen LogP contribution < -0.4 is 8.91 Å². The molecule has 3 rings (SSSR count). The van der Waals surface area contributed by atoms with Crippen LogP contribution in [-0.4, -0.2) is 34.4 Å². The molecule has 1 N–H and O–H groups in total. The largest absolute Gasteiger partial charge is 0.534 e. The standard InChI is InChI=1S/C16H17NO3S.C7H5F3O3S/c1-12(17-21(2,19)20)14-9-6-10-15(11-14)16(18)13-7-4-3-5-8-13;8-7(9,10)14(11,12)13-6-4-2-1-3-5-6/h3-12,17H,1-2H3;1-5H/t12-;/m1./s1. The highest BCUT2D eigenvalue weighted by Gasteiger charge is 2.48. The second-order valence-corrected chi connectivity index (χ2v) is 10.5. The molecule has 0 saturated heterocycles. The number of benzene rings is 3. The Kier molecular flexibility index (Phi) is 9.18. The van der Waals surface area contributed by atoms with E-state index >= 15 is 0 Å². The van der Waals surface area contributed by atoms with E-state index in [1.807, 2.05) is 18.2 Å². The summed E-state index contributed by atoms with van der Waals surface area (Å²) in [6.45, 7) is 1.74. The smallest absolute Gasteiger partial charge is 0.376 e. The van der Waals surface area contributed by atoms with Crippen LogP contribution in [0.15, 0.2) is 84.9 Å². The molecule has 0 amide bonds. The Bertz CT molecular complexity index is 1340. The summed E-state index contributed by atoms with van der Waals surface area (Å²) in [7, 11) is -8.84. The van der Waals surface area contributed by atoms with E-state index in [0.29, 0.717) is 11.1 Å². The Morgan fingerprint density at radius 3 is 1.86 bits per heavy atom. The maximum Gasteiger partial charge on any atom is 0.534 e. The molecule has 1 atom stereocenters. The fourth-order valence-electron chi connectivity index (χ4n) is 2.74. The molecule has 7 nitrogen and oxygen atoms in total. The second kappa shape index (κ2) is 11.5. The molecule has 0 aliphatic carbocycles. The van der Waals surface area contributed by atoms with E-state index in [1.165, 1.54) is 18.2 Å². The van der Waals surface area contributed by atoms with E-state index in [2.05, 4.69) is 8.91 Å². The summed E-state index contributed by atoms with van der Waals surface area (Å²) in [6.07, 6.45) is 1.11. The first-order chi connectivity index (χ1) is 16.2. The van der Waals surface area contributed by atoms with Gasteiger partial charge in [0.25, 0.3) is 0 Å². The van der Waals surface area contributed by atoms with Crippen LogP contribution in [0.25, 0.3) is 0 Å². The predicted octanol–water partition coefficient (Wildman–Crippen LogP) is 4.44. The molecule has 0 spiro atoms. The zero-order valence-corrected chi connectivity index (χ0v) is 20.2. The molecule has 0 heterocycles. The van der Waals surface area contributed by atoms with Crippen LogP contribution in [0.3, 0.4) is 0 Å². The van der Waals surface area contributed by atoms with Crippen molar-refractivity contribution in [2.45, 2.75) is 18.5 Å². The number of carbonyl (C=O) groups excluding carboxylic acids is 1. The van der Waals surface area contributed by atoms with Crippen LogP contribution in [0.2, 0.25) is 0 Å². The van der Waals surface area contributed by atoms with Gasteiger partial charge in [-0.2, -0.15) is 21.6 Å². The van der Waals surface area contributed by atoms with Gasteiger partial charge in [0.2, 0.25) is 10.0 Å². The molecule has 35 heavy (non-hydrogen) atoms. The van der Waals surface area contributed by atoms with Crippen LogP contribution in [0.4, 0.5) is 13.2 Å². The first kappa shape index (κ1) is 28.0.